The number of amides is 1. The highest BCUT2D eigenvalue weighted by molar-refractivity contribution is 5.93. The molecule has 1 heterocycles. The van der Waals surface area contributed by atoms with Gasteiger partial charge in [0.15, 0.2) is 0 Å². The Balaban J connectivity index is 0.000000956. The molecule has 0 spiro atoms. The second-order valence-electron chi connectivity index (χ2n) is 3.80. The Kier molecular flexibility index (Phi) is 5.58. The number of nitrogen functional groups attached to an aromatic ring is 1. The summed E-state index contributed by atoms with van der Waals surface area (Å²) in [4.78, 5) is 11.9. The summed E-state index contributed by atoms with van der Waals surface area (Å²) in [7, 11) is 1.54. The summed E-state index contributed by atoms with van der Waals surface area (Å²) < 4.78 is 6.26. The zero-order valence-corrected chi connectivity index (χ0v) is 12.2. The Hall–Kier alpha value is -2.50. The molecule has 6 heteroatoms. The second-order valence-corrected chi connectivity index (χ2v) is 3.80. The molecule has 3 N–H and O–H groups in total. The fourth-order valence-electron chi connectivity index (χ4n) is 1.57. The van der Waals surface area contributed by atoms with Crippen molar-refractivity contribution in [3.8, 4) is 5.75 Å². The van der Waals surface area contributed by atoms with Crippen LogP contribution in [0.25, 0.3) is 0 Å². The Morgan fingerprint density at radius 2 is 2.05 bits per heavy atom. The first kappa shape index (κ1) is 15.6. The van der Waals surface area contributed by atoms with Crippen molar-refractivity contribution in [1.82, 2.24) is 9.78 Å². The van der Waals surface area contributed by atoms with E-state index in [0.29, 0.717) is 11.4 Å². The highest BCUT2D eigenvalue weighted by Crippen LogP contribution is 2.25. The first-order valence-electron chi connectivity index (χ1n) is 6.37. The molecule has 6 nitrogen and oxygen atoms in total. The van der Waals surface area contributed by atoms with Gasteiger partial charge in [-0.15, -0.1) is 0 Å². The van der Waals surface area contributed by atoms with E-state index in [2.05, 4.69) is 10.4 Å². The minimum absolute atomic E-state index is 0.277. The van der Waals surface area contributed by atoms with Crippen LogP contribution in [-0.4, -0.2) is 22.9 Å². The molecule has 0 fully saturated rings. The number of hydrogen-bond donors (Lipinski definition) is 2. The van der Waals surface area contributed by atoms with E-state index in [0.717, 1.165) is 10.2 Å². The number of carbonyl (C=O) groups excluding carboxylic acids is 1. The zero-order valence-electron chi connectivity index (χ0n) is 12.2. The monoisotopic (exact) mass is 276 g/mol. The summed E-state index contributed by atoms with van der Waals surface area (Å²) in [5.74, 6) is 0.860. The van der Waals surface area contributed by atoms with Gasteiger partial charge in [0.05, 0.1) is 19.0 Å². The molecule has 20 heavy (non-hydrogen) atoms. The normalized spacial score (nSPS) is 9.40. The summed E-state index contributed by atoms with van der Waals surface area (Å²) in [5, 5.41) is 6.53. The van der Waals surface area contributed by atoms with Crippen LogP contribution in [0.1, 0.15) is 19.4 Å². The van der Waals surface area contributed by atoms with Crippen LogP contribution >= 0.6 is 0 Å². The number of methoxy groups -OCH3 is 1. The van der Waals surface area contributed by atoms with Crippen LogP contribution < -0.4 is 15.8 Å². The number of aromatic nitrogens is 2. The second kappa shape index (κ2) is 7.18. The lowest BCUT2D eigenvalue weighted by Gasteiger charge is -2.11. The van der Waals surface area contributed by atoms with Gasteiger partial charge in [-0.25, -0.2) is 4.79 Å². The van der Waals surface area contributed by atoms with E-state index in [1.54, 1.807) is 19.2 Å². The van der Waals surface area contributed by atoms with Crippen molar-refractivity contribution in [2.45, 2.75) is 20.8 Å². The Bertz CT molecular complexity index is 578. The molecule has 0 aliphatic heterocycles. The van der Waals surface area contributed by atoms with Crippen molar-refractivity contribution in [1.29, 1.82) is 0 Å². The molecule has 0 aliphatic rings. The third-order valence-electron chi connectivity index (χ3n) is 2.46. The molecule has 108 valence electrons. The molecule has 0 atom stereocenters. The van der Waals surface area contributed by atoms with Crippen LogP contribution in [-0.2, 0) is 0 Å². The maximum atomic E-state index is 11.9. The van der Waals surface area contributed by atoms with E-state index >= 15 is 0 Å². The number of rotatable bonds is 2. The topological polar surface area (TPSA) is 82.2 Å². The summed E-state index contributed by atoms with van der Waals surface area (Å²) >= 11 is 0. The fraction of sp³-hybridized carbons (Fsp3) is 0.286. The number of nitrogens with two attached hydrogens (primary N) is 1. The van der Waals surface area contributed by atoms with E-state index in [4.69, 9.17) is 10.5 Å². The molecule has 0 saturated carbocycles. The minimum atomic E-state index is -0.429. The number of aryl methyl sites for hydroxylation is 1. The third kappa shape index (κ3) is 3.50. The average molecular weight is 276 g/mol. The van der Waals surface area contributed by atoms with Gasteiger partial charge in [0.1, 0.15) is 11.6 Å². The van der Waals surface area contributed by atoms with Gasteiger partial charge < -0.3 is 15.8 Å². The molecular formula is C14H20N4O2. The lowest BCUT2D eigenvalue weighted by atomic mass is 10.2. The van der Waals surface area contributed by atoms with Crippen LogP contribution in [0.3, 0.4) is 0 Å². The van der Waals surface area contributed by atoms with E-state index < -0.39 is 6.03 Å². The Morgan fingerprint density at radius 1 is 1.35 bits per heavy atom. The molecule has 0 unspecified atom stereocenters. The van der Waals surface area contributed by atoms with Gasteiger partial charge in [-0.2, -0.15) is 9.78 Å². The maximum absolute atomic E-state index is 11.9. The van der Waals surface area contributed by atoms with E-state index in [9.17, 15) is 4.79 Å². The van der Waals surface area contributed by atoms with Gasteiger partial charge in [-0.1, -0.05) is 19.9 Å². The molecule has 0 bridgehead atoms. The van der Waals surface area contributed by atoms with E-state index in [1.807, 2.05) is 32.9 Å². The minimum Gasteiger partial charge on any atom is -0.495 e. The lowest BCUT2D eigenvalue weighted by molar-refractivity contribution is 0.251. The van der Waals surface area contributed by atoms with Crippen molar-refractivity contribution in [3.05, 3.63) is 36.0 Å². The fourth-order valence-corrected chi connectivity index (χ4v) is 1.57. The average Bonchev–Trinajstić information content (AvgIpc) is 2.87. The number of anilines is 2. The number of benzene rings is 1. The first-order valence-corrected chi connectivity index (χ1v) is 6.37. The molecule has 2 aromatic rings. The SMILES string of the molecule is CC.COc1ccc(C)cc1NC(=O)n1nccc1N. The van der Waals surface area contributed by atoms with Crippen molar-refractivity contribution >= 4 is 17.5 Å². The highest BCUT2D eigenvalue weighted by Gasteiger charge is 2.11. The van der Waals surface area contributed by atoms with Gasteiger partial charge in [0, 0.05) is 6.07 Å². The molecule has 0 saturated heterocycles. The largest absolute Gasteiger partial charge is 0.495 e. The van der Waals surface area contributed by atoms with Crippen molar-refractivity contribution in [2.24, 2.45) is 0 Å². The molecule has 1 aromatic carbocycles. The van der Waals surface area contributed by atoms with Crippen molar-refractivity contribution in [3.63, 3.8) is 0 Å². The van der Waals surface area contributed by atoms with Crippen molar-refractivity contribution in [2.75, 3.05) is 18.2 Å². The number of ether oxygens (including phenoxy) is 1. The predicted molar refractivity (Wildman–Crippen MR) is 80.1 cm³/mol. The molecule has 2 rings (SSSR count). The van der Waals surface area contributed by atoms with Gasteiger partial charge >= 0.3 is 6.03 Å². The Labute approximate surface area is 118 Å². The van der Waals surface area contributed by atoms with Crippen LogP contribution in [0.15, 0.2) is 30.5 Å². The van der Waals surface area contributed by atoms with E-state index in [1.165, 1.54) is 6.20 Å². The number of nitrogens with zero attached hydrogens (tertiary/aromatic N) is 2. The maximum Gasteiger partial charge on any atom is 0.348 e. The van der Waals surface area contributed by atoms with Crippen LogP contribution in [0, 0.1) is 6.92 Å². The summed E-state index contributed by atoms with van der Waals surface area (Å²) in [6.45, 7) is 5.93. The Morgan fingerprint density at radius 3 is 2.60 bits per heavy atom. The van der Waals surface area contributed by atoms with Crippen LogP contribution in [0.5, 0.6) is 5.75 Å². The zero-order chi connectivity index (χ0) is 15.1. The first-order chi connectivity index (χ1) is 9.61. The summed E-state index contributed by atoms with van der Waals surface area (Å²) in [5.41, 5.74) is 7.20. The standard InChI is InChI=1S/C12H14N4O2.C2H6/c1-8-3-4-10(18-2)9(7-8)15-12(17)16-11(13)5-6-14-16;1-2/h3-7H,13H2,1-2H3,(H,15,17);1-2H3. The lowest BCUT2D eigenvalue weighted by Crippen LogP contribution is -2.22. The van der Waals surface area contributed by atoms with E-state index in [-0.39, 0.29) is 5.82 Å². The van der Waals surface area contributed by atoms with Gasteiger partial charge in [-0.05, 0) is 24.6 Å². The van der Waals surface area contributed by atoms with Crippen LogP contribution in [0.4, 0.5) is 16.3 Å². The molecule has 0 aliphatic carbocycles. The smallest absolute Gasteiger partial charge is 0.348 e. The number of hydrogen-bond acceptors (Lipinski definition) is 4. The van der Waals surface area contributed by atoms with Gasteiger partial charge in [0.2, 0.25) is 0 Å². The third-order valence-corrected chi connectivity index (χ3v) is 2.46. The quantitative estimate of drug-likeness (QED) is 0.883. The molecule has 1 aromatic heterocycles. The van der Waals surface area contributed by atoms with Gasteiger partial charge in [-0.3, -0.25) is 0 Å². The summed E-state index contributed by atoms with van der Waals surface area (Å²) in [6.07, 6.45) is 1.46. The van der Waals surface area contributed by atoms with Crippen molar-refractivity contribution < 1.29 is 9.53 Å². The molecule has 1 amide bonds. The highest BCUT2D eigenvalue weighted by atomic mass is 16.5. The number of nitrogens with one attached hydrogen (secondary N) is 1. The predicted octanol–water partition coefficient (Wildman–Crippen LogP) is 2.89. The molecular weight excluding hydrogens is 256 g/mol. The summed E-state index contributed by atoms with van der Waals surface area (Å²) in [6, 6.07) is 6.62. The molecule has 0 radical (unpaired) electrons. The van der Waals surface area contributed by atoms with Crippen LogP contribution in [0.2, 0.25) is 0 Å². The van der Waals surface area contributed by atoms with Gasteiger partial charge in [0.25, 0.3) is 0 Å². The number of carbonyl (C=O) groups is 1.